The van der Waals surface area contributed by atoms with Crippen LogP contribution >= 0.6 is 11.3 Å². The Balaban J connectivity index is 1.28. The van der Waals surface area contributed by atoms with Gasteiger partial charge in [0, 0.05) is 25.7 Å². The van der Waals surface area contributed by atoms with Crippen LogP contribution < -0.4 is 4.72 Å². The fourth-order valence-corrected chi connectivity index (χ4v) is 5.65. The summed E-state index contributed by atoms with van der Waals surface area (Å²) in [5.41, 5.74) is 2.80. The fraction of sp³-hybridized carbons (Fsp3) is 0.316. The Morgan fingerprint density at radius 3 is 2.81 bits per heavy atom. The first kappa shape index (κ1) is 18.4. The molecule has 27 heavy (non-hydrogen) atoms. The Morgan fingerprint density at radius 2 is 2.00 bits per heavy atom. The van der Waals surface area contributed by atoms with Crippen molar-refractivity contribution >= 4 is 21.4 Å². The SMILES string of the molecule is O=S(=O)(NCCCN1CCc2ccccc2C1)c1ccc(-c2ccno2)s1. The summed E-state index contributed by atoms with van der Waals surface area (Å²) in [5.74, 6) is 0.576. The van der Waals surface area contributed by atoms with Crippen LogP contribution in [0.5, 0.6) is 0 Å². The molecule has 1 aromatic carbocycles. The molecule has 0 aliphatic carbocycles. The minimum Gasteiger partial charge on any atom is -0.355 e. The monoisotopic (exact) mass is 403 g/mol. The van der Waals surface area contributed by atoms with Crippen molar-refractivity contribution in [3.63, 3.8) is 0 Å². The molecule has 0 saturated carbocycles. The van der Waals surface area contributed by atoms with Crippen molar-refractivity contribution in [2.24, 2.45) is 0 Å². The third kappa shape index (κ3) is 4.30. The molecule has 3 aromatic rings. The number of hydrogen-bond acceptors (Lipinski definition) is 6. The van der Waals surface area contributed by atoms with E-state index in [1.165, 1.54) is 22.5 Å². The summed E-state index contributed by atoms with van der Waals surface area (Å²) in [7, 11) is -3.49. The van der Waals surface area contributed by atoms with E-state index in [9.17, 15) is 8.42 Å². The van der Waals surface area contributed by atoms with E-state index in [0.717, 1.165) is 37.4 Å². The topological polar surface area (TPSA) is 75.4 Å². The van der Waals surface area contributed by atoms with E-state index in [4.69, 9.17) is 4.52 Å². The molecule has 0 amide bonds. The van der Waals surface area contributed by atoms with Crippen LogP contribution in [-0.4, -0.2) is 38.1 Å². The van der Waals surface area contributed by atoms with Crippen LogP contribution in [0.4, 0.5) is 0 Å². The lowest BCUT2D eigenvalue weighted by molar-refractivity contribution is 0.251. The number of nitrogens with zero attached hydrogens (tertiary/aromatic N) is 2. The maximum atomic E-state index is 12.5. The number of rotatable bonds is 7. The van der Waals surface area contributed by atoms with Crippen LogP contribution in [0.3, 0.4) is 0 Å². The average molecular weight is 404 g/mol. The number of hydrogen-bond donors (Lipinski definition) is 1. The van der Waals surface area contributed by atoms with Gasteiger partial charge in [0.2, 0.25) is 10.0 Å². The molecule has 0 unspecified atom stereocenters. The molecular weight excluding hydrogens is 382 g/mol. The van der Waals surface area contributed by atoms with Gasteiger partial charge in [0.1, 0.15) is 4.21 Å². The Labute approximate surface area is 162 Å². The summed E-state index contributed by atoms with van der Waals surface area (Å²) >= 11 is 1.18. The molecule has 1 aliphatic rings. The highest BCUT2D eigenvalue weighted by atomic mass is 32.2. The lowest BCUT2D eigenvalue weighted by atomic mass is 10.00. The number of sulfonamides is 1. The molecule has 1 N–H and O–H groups in total. The van der Waals surface area contributed by atoms with Crippen molar-refractivity contribution in [2.75, 3.05) is 19.6 Å². The zero-order chi connectivity index (χ0) is 18.7. The second-order valence-corrected chi connectivity index (χ2v) is 9.62. The molecule has 0 spiro atoms. The minimum absolute atomic E-state index is 0.292. The van der Waals surface area contributed by atoms with E-state index in [-0.39, 0.29) is 0 Å². The summed E-state index contributed by atoms with van der Waals surface area (Å²) in [4.78, 5) is 3.13. The average Bonchev–Trinajstić information content (AvgIpc) is 3.36. The Hall–Kier alpha value is -2.00. The van der Waals surface area contributed by atoms with Crippen molar-refractivity contribution in [1.82, 2.24) is 14.8 Å². The van der Waals surface area contributed by atoms with Gasteiger partial charge in [-0.05, 0) is 42.6 Å². The molecule has 0 bridgehead atoms. The molecule has 4 rings (SSSR count). The van der Waals surface area contributed by atoms with E-state index in [2.05, 4.69) is 39.0 Å². The largest absolute Gasteiger partial charge is 0.355 e. The quantitative estimate of drug-likeness (QED) is 0.614. The van der Waals surface area contributed by atoms with Gasteiger partial charge >= 0.3 is 0 Å². The molecule has 2 aromatic heterocycles. The van der Waals surface area contributed by atoms with Gasteiger partial charge in [0.15, 0.2) is 5.76 Å². The number of aromatic nitrogens is 1. The van der Waals surface area contributed by atoms with Crippen molar-refractivity contribution < 1.29 is 12.9 Å². The summed E-state index contributed by atoms with van der Waals surface area (Å²) in [6.07, 6.45) is 3.38. The third-order valence-electron chi connectivity index (χ3n) is 4.68. The standard InChI is InChI=1S/C19H21N3O3S2/c23-27(24,19-7-6-18(26-19)17-8-11-20-25-17)21-10-3-12-22-13-9-15-4-1-2-5-16(15)14-22/h1-2,4-8,11,21H,3,9-10,12-14H2. The highest BCUT2D eigenvalue weighted by molar-refractivity contribution is 7.91. The molecule has 6 nitrogen and oxygen atoms in total. The lowest BCUT2D eigenvalue weighted by Gasteiger charge is -2.28. The highest BCUT2D eigenvalue weighted by Gasteiger charge is 2.19. The predicted octanol–water partition coefficient (Wildman–Crippen LogP) is 3.13. The van der Waals surface area contributed by atoms with E-state index < -0.39 is 10.0 Å². The minimum atomic E-state index is -3.49. The highest BCUT2D eigenvalue weighted by Crippen LogP contribution is 2.30. The van der Waals surface area contributed by atoms with Gasteiger partial charge in [-0.2, -0.15) is 0 Å². The Kier molecular flexibility index (Phi) is 5.40. The van der Waals surface area contributed by atoms with Crippen LogP contribution in [0.1, 0.15) is 17.5 Å². The Bertz CT molecular complexity index is 997. The normalized spacial score (nSPS) is 15.0. The van der Waals surface area contributed by atoms with E-state index >= 15 is 0 Å². The smallest absolute Gasteiger partial charge is 0.250 e. The first-order chi connectivity index (χ1) is 13.1. The zero-order valence-corrected chi connectivity index (χ0v) is 16.4. The van der Waals surface area contributed by atoms with E-state index in [1.54, 1.807) is 24.4 Å². The lowest BCUT2D eigenvalue weighted by Crippen LogP contribution is -2.33. The number of benzene rings is 1. The van der Waals surface area contributed by atoms with Gasteiger partial charge < -0.3 is 4.52 Å². The molecule has 3 heterocycles. The van der Waals surface area contributed by atoms with Gasteiger partial charge in [0.25, 0.3) is 0 Å². The van der Waals surface area contributed by atoms with E-state index in [0.29, 0.717) is 16.5 Å². The molecule has 8 heteroatoms. The zero-order valence-electron chi connectivity index (χ0n) is 14.8. The van der Waals surface area contributed by atoms with Crippen LogP contribution in [0.2, 0.25) is 0 Å². The van der Waals surface area contributed by atoms with Crippen LogP contribution in [0.15, 0.2) is 57.4 Å². The molecule has 1 aliphatic heterocycles. The van der Waals surface area contributed by atoms with Crippen molar-refractivity contribution in [2.45, 2.75) is 23.6 Å². The Morgan fingerprint density at radius 1 is 1.15 bits per heavy atom. The van der Waals surface area contributed by atoms with Gasteiger partial charge in [-0.25, -0.2) is 13.1 Å². The molecular formula is C19H21N3O3S2. The van der Waals surface area contributed by atoms with Gasteiger partial charge in [-0.15, -0.1) is 11.3 Å². The summed E-state index contributed by atoms with van der Waals surface area (Å²) in [6.45, 7) is 3.27. The number of nitrogens with one attached hydrogen (secondary N) is 1. The van der Waals surface area contributed by atoms with Crippen LogP contribution in [0.25, 0.3) is 10.6 Å². The number of fused-ring (bicyclic) bond motifs is 1. The second kappa shape index (κ2) is 7.93. The fourth-order valence-electron chi connectivity index (χ4n) is 3.27. The molecule has 0 fully saturated rings. The number of thiophene rings is 1. The first-order valence-corrected chi connectivity index (χ1v) is 11.2. The molecule has 0 radical (unpaired) electrons. The maximum Gasteiger partial charge on any atom is 0.250 e. The maximum absolute atomic E-state index is 12.5. The molecule has 0 saturated heterocycles. The molecule has 142 valence electrons. The van der Waals surface area contributed by atoms with Gasteiger partial charge in [-0.1, -0.05) is 29.4 Å². The predicted molar refractivity (Wildman–Crippen MR) is 105 cm³/mol. The molecule has 0 atom stereocenters. The second-order valence-electron chi connectivity index (χ2n) is 6.54. The summed E-state index contributed by atoms with van der Waals surface area (Å²) in [5, 5.41) is 3.65. The van der Waals surface area contributed by atoms with Crippen LogP contribution in [0, 0.1) is 0 Å². The van der Waals surface area contributed by atoms with Gasteiger partial charge in [-0.3, -0.25) is 4.90 Å². The van der Waals surface area contributed by atoms with Crippen molar-refractivity contribution in [1.29, 1.82) is 0 Å². The summed E-state index contributed by atoms with van der Waals surface area (Å²) in [6, 6.07) is 13.6. The van der Waals surface area contributed by atoms with Crippen molar-refractivity contribution in [3.05, 3.63) is 59.8 Å². The van der Waals surface area contributed by atoms with E-state index in [1.807, 2.05) is 0 Å². The first-order valence-electron chi connectivity index (χ1n) is 8.91. The summed E-state index contributed by atoms with van der Waals surface area (Å²) < 4.78 is 33.0. The third-order valence-corrected chi connectivity index (χ3v) is 7.73. The van der Waals surface area contributed by atoms with Crippen molar-refractivity contribution in [3.8, 4) is 10.6 Å². The van der Waals surface area contributed by atoms with Gasteiger partial charge in [0.05, 0.1) is 11.1 Å². The van der Waals surface area contributed by atoms with Crippen LogP contribution in [-0.2, 0) is 23.0 Å².